The van der Waals surface area contributed by atoms with E-state index in [1.807, 2.05) is 12.1 Å². The Balaban J connectivity index is 1.32. The van der Waals surface area contributed by atoms with E-state index in [0.29, 0.717) is 6.54 Å². The predicted octanol–water partition coefficient (Wildman–Crippen LogP) is 4.83. The van der Waals surface area contributed by atoms with Crippen LogP contribution in [0, 0.1) is 5.92 Å². The monoisotopic (exact) mass is 415 g/mol. The predicted molar refractivity (Wildman–Crippen MR) is 110 cm³/mol. The van der Waals surface area contributed by atoms with E-state index < -0.39 is 17.6 Å². The van der Waals surface area contributed by atoms with Crippen LogP contribution in [0.2, 0.25) is 0 Å². The average Bonchev–Trinajstić information content (AvgIpc) is 3.14. The number of piperidine rings is 1. The van der Waals surface area contributed by atoms with Gasteiger partial charge >= 0.3 is 6.18 Å². The van der Waals surface area contributed by atoms with Crippen molar-refractivity contribution in [3.05, 3.63) is 71.4 Å². The molecule has 0 radical (unpaired) electrons. The zero-order valence-corrected chi connectivity index (χ0v) is 16.5. The molecule has 4 nitrogen and oxygen atoms in total. The second kappa shape index (κ2) is 8.52. The van der Waals surface area contributed by atoms with Gasteiger partial charge in [0, 0.05) is 36.4 Å². The molecule has 2 N–H and O–H groups in total. The molecule has 3 aromatic rings. The summed E-state index contributed by atoms with van der Waals surface area (Å²) in [6.45, 7) is 3.11. The van der Waals surface area contributed by atoms with E-state index in [-0.39, 0.29) is 11.5 Å². The molecule has 2 aromatic carbocycles. The lowest BCUT2D eigenvalue weighted by molar-refractivity contribution is -0.137. The van der Waals surface area contributed by atoms with Gasteiger partial charge in [-0.2, -0.15) is 13.2 Å². The van der Waals surface area contributed by atoms with Gasteiger partial charge in [-0.1, -0.05) is 24.3 Å². The smallest absolute Gasteiger partial charge is 0.357 e. The Hall–Kier alpha value is -2.80. The minimum Gasteiger partial charge on any atom is -0.357 e. The minimum absolute atomic E-state index is 0.0376. The molecule has 1 amide bonds. The van der Waals surface area contributed by atoms with Crippen molar-refractivity contribution in [2.45, 2.75) is 25.6 Å². The van der Waals surface area contributed by atoms with Crippen LogP contribution in [0.25, 0.3) is 10.9 Å². The largest absolute Gasteiger partial charge is 0.416 e. The van der Waals surface area contributed by atoms with Crippen LogP contribution in [0.5, 0.6) is 0 Å². The average molecular weight is 415 g/mol. The van der Waals surface area contributed by atoms with Crippen LogP contribution in [0.4, 0.5) is 13.2 Å². The first kappa shape index (κ1) is 20.5. The van der Waals surface area contributed by atoms with Crippen LogP contribution in [0.3, 0.4) is 0 Å². The summed E-state index contributed by atoms with van der Waals surface area (Å²) in [7, 11) is 0. The van der Waals surface area contributed by atoms with Crippen molar-refractivity contribution in [3.8, 4) is 0 Å². The van der Waals surface area contributed by atoms with E-state index in [1.165, 1.54) is 17.5 Å². The fourth-order valence-electron chi connectivity index (χ4n) is 4.10. The minimum atomic E-state index is -4.46. The summed E-state index contributed by atoms with van der Waals surface area (Å²) >= 11 is 0. The quantitative estimate of drug-likeness (QED) is 0.627. The number of para-hydroxylation sites is 1. The Kier molecular flexibility index (Phi) is 5.81. The number of nitrogens with zero attached hydrogens (tertiary/aromatic N) is 1. The standard InChI is InChI=1S/C23H24F3N3O/c24-23(25,26)19-8-3-7-18(11-19)22(30)27-13-16-5-4-10-29(14-16)15-20-12-17-6-1-2-9-21(17)28-20/h1-3,6-9,11-12,16,28H,4-5,10,13-15H2,(H,27,30)/t16-/m1/s1. The molecule has 1 aliphatic rings. The lowest BCUT2D eigenvalue weighted by Gasteiger charge is -2.32. The molecule has 4 rings (SSSR count). The summed E-state index contributed by atoms with van der Waals surface area (Å²) in [6.07, 6.45) is -2.43. The van der Waals surface area contributed by atoms with Crippen molar-refractivity contribution in [2.24, 2.45) is 5.92 Å². The molecule has 0 bridgehead atoms. The Morgan fingerprint density at radius 1 is 1.13 bits per heavy atom. The third-order valence-electron chi connectivity index (χ3n) is 5.59. The number of carbonyl (C=O) groups is 1. The summed E-state index contributed by atoms with van der Waals surface area (Å²) in [6, 6.07) is 14.9. The molecule has 1 aliphatic heterocycles. The first-order valence-electron chi connectivity index (χ1n) is 10.1. The number of nitrogens with one attached hydrogen (secondary N) is 2. The van der Waals surface area contributed by atoms with E-state index in [0.717, 1.165) is 55.8 Å². The molecule has 0 unspecified atom stereocenters. The van der Waals surface area contributed by atoms with Gasteiger partial charge in [-0.25, -0.2) is 0 Å². The number of alkyl halides is 3. The molecule has 0 spiro atoms. The van der Waals surface area contributed by atoms with Gasteiger partial charge in [0.1, 0.15) is 0 Å². The summed E-state index contributed by atoms with van der Waals surface area (Å²) in [5.74, 6) is -0.188. The molecule has 1 aromatic heterocycles. The van der Waals surface area contributed by atoms with E-state index in [4.69, 9.17) is 0 Å². The van der Waals surface area contributed by atoms with E-state index in [9.17, 15) is 18.0 Å². The molecular formula is C23H24F3N3O. The Bertz CT molecular complexity index is 995. The van der Waals surface area contributed by atoms with Crippen molar-refractivity contribution in [1.82, 2.24) is 15.2 Å². The number of carbonyl (C=O) groups excluding carboxylic acids is 1. The van der Waals surface area contributed by atoms with Gasteiger partial charge in [0.25, 0.3) is 5.91 Å². The second-order valence-electron chi connectivity index (χ2n) is 7.91. The number of rotatable bonds is 5. The first-order valence-corrected chi connectivity index (χ1v) is 10.1. The number of aromatic amines is 1. The van der Waals surface area contributed by atoms with Gasteiger partial charge in [-0.15, -0.1) is 0 Å². The van der Waals surface area contributed by atoms with Gasteiger partial charge in [0.2, 0.25) is 0 Å². The molecule has 30 heavy (non-hydrogen) atoms. The Morgan fingerprint density at radius 3 is 2.77 bits per heavy atom. The number of aromatic nitrogens is 1. The van der Waals surface area contributed by atoms with Gasteiger partial charge in [0.05, 0.1) is 5.56 Å². The number of benzene rings is 2. The molecule has 7 heteroatoms. The lowest BCUT2D eigenvalue weighted by atomic mass is 9.97. The van der Waals surface area contributed by atoms with Crippen LogP contribution in [-0.4, -0.2) is 35.4 Å². The maximum atomic E-state index is 12.9. The molecule has 1 saturated heterocycles. The zero-order chi connectivity index (χ0) is 21.1. The number of halogens is 3. The van der Waals surface area contributed by atoms with Gasteiger partial charge in [0.15, 0.2) is 0 Å². The van der Waals surface area contributed by atoms with E-state index in [1.54, 1.807) is 0 Å². The number of likely N-dealkylation sites (tertiary alicyclic amines) is 1. The number of hydrogen-bond acceptors (Lipinski definition) is 2. The maximum Gasteiger partial charge on any atom is 0.416 e. The maximum absolute atomic E-state index is 12.9. The van der Waals surface area contributed by atoms with Gasteiger partial charge in [-0.3, -0.25) is 9.69 Å². The topological polar surface area (TPSA) is 48.1 Å². The highest BCUT2D eigenvalue weighted by atomic mass is 19.4. The third kappa shape index (κ3) is 4.84. The van der Waals surface area contributed by atoms with Crippen LogP contribution in [-0.2, 0) is 12.7 Å². The molecule has 0 aliphatic carbocycles. The highest BCUT2D eigenvalue weighted by Crippen LogP contribution is 2.29. The van der Waals surface area contributed by atoms with Gasteiger partial charge < -0.3 is 10.3 Å². The first-order chi connectivity index (χ1) is 14.4. The fourth-order valence-corrected chi connectivity index (χ4v) is 4.10. The van der Waals surface area contributed by atoms with E-state index >= 15 is 0 Å². The van der Waals surface area contributed by atoms with E-state index in [2.05, 4.69) is 33.4 Å². The van der Waals surface area contributed by atoms with Crippen molar-refractivity contribution >= 4 is 16.8 Å². The van der Waals surface area contributed by atoms with Crippen LogP contribution in [0.1, 0.15) is 34.5 Å². The van der Waals surface area contributed by atoms with Crippen LogP contribution >= 0.6 is 0 Å². The SMILES string of the molecule is O=C(NC[C@H]1CCCN(Cc2cc3ccccc3[nH]2)C1)c1cccc(C(F)(F)F)c1. The highest BCUT2D eigenvalue weighted by molar-refractivity contribution is 5.94. The van der Waals surface area contributed by atoms with Crippen LogP contribution < -0.4 is 5.32 Å². The molecule has 1 atom stereocenters. The fraction of sp³-hybridized carbons (Fsp3) is 0.348. The van der Waals surface area contributed by atoms with Crippen molar-refractivity contribution < 1.29 is 18.0 Å². The molecule has 0 saturated carbocycles. The molecule has 158 valence electrons. The molecule has 1 fully saturated rings. The second-order valence-corrected chi connectivity index (χ2v) is 7.91. The number of H-pyrrole nitrogens is 1. The highest BCUT2D eigenvalue weighted by Gasteiger charge is 2.31. The van der Waals surface area contributed by atoms with Crippen molar-refractivity contribution in [2.75, 3.05) is 19.6 Å². The lowest BCUT2D eigenvalue weighted by Crippen LogP contribution is -2.40. The normalized spacial score (nSPS) is 17.9. The summed E-state index contributed by atoms with van der Waals surface area (Å²) in [5.41, 5.74) is 1.51. The number of fused-ring (bicyclic) bond motifs is 1. The number of hydrogen-bond donors (Lipinski definition) is 2. The summed E-state index contributed by atoms with van der Waals surface area (Å²) < 4.78 is 38.6. The van der Waals surface area contributed by atoms with Crippen LogP contribution in [0.15, 0.2) is 54.6 Å². The molecule has 2 heterocycles. The number of amides is 1. The van der Waals surface area contributed by atoms with Crippen molar-refractivity contribution in [3.63, 3.8) is 0 Å². The van der Waals surface area contributed by atoms with Crippen molar-refractivity contribution in [1.29, 1.82) is 0 Å². The third-order valence-corrected chi connectivity index (χ3v) is 5.59. The Morgan fingerprint density at radius 2 is 1.97 bits per heavy atom. The summed E-state index contributed by atoms with van der Waals surface area (Å²) in [4.78, 5) is 18.1. The summed E-state index contributed by atoms with van der Waals surface area (Å²) in [5, 5.41) is 4.00. The molecular weight excluding hydrogens is 391 g/mol. The Labute approximate surface area is 173 Å². The van der Waals surface area contributed by atoms with Gasteiger partial charge in [-0.05, 0) is 61.0 Å². The zero-order valence-electron chi connectivity index (χ0n) is 16.5.